The minimum atomic E-state index is -0.0434. The number of benzene rings is 2. The van der Waals surface area contributed by atoms with Gasteiger partial charge in [0.2, 0.25) is 5.91 Å². The van der Waals surface area contributed by atoms with E-state index in [2.05, 4.69) is 29.7 Å². The molecule has 2 aromatic carbocycles. The van der Waals surface area contributed by atoms with Crippen molar-refractivity contribution in [1.29, 1.82) is 0 Å². The first kappa shape index (κ1) is 19.7. The molecule has 1 amide bonds. The summed E-state index contributed by atoms with van der Waals surface area (Å²) in [5, 5.41) is 3.67. The summed E-state index contributed by atoms with van der Waals surface area (Å²) in [4.78, 5) is 23.4. The molecule has 0 N–H and O–H groups in total. The van der Waals surface area contributed by atoms with Crippen LogP contribution in [0.25, 0.3) is 11.0 Å². The van der Waals surface area contributed by atoms with Crippen LogP contribution in [0.1, 0.15) is 25.1 Å². The largest absolute Gasteiger partial charge is 0.322 e. The van der Waals surface area contributed by atoms with E-state index in [1.807, 2.05) is 42.8 Å². The third kappa shape index (κ3) is 4.06. The van der Waals surface area contributed by atoms with Crippen LogP contribution in [-0.4, -0.2) is 20.4 Å². The molecule has 0 aliphatic carbocycles. The number of thioether (sulfide) groups is 1. The van der Waals surface area contributed by atoms with E-state index in [0.29, 0.717) is 10.9 Å². The molecule has 0 aliphatic rings. The zero-order valence-corrected chi connectivity index (χ0v) is 18.3. The Hall–Kier alpha value is -2.64. The fourth-order valence-electron chi connectivity index (χ4n) is 3.16. The molecule has 2 heterocycles. The molecule has 0 bridgehead atoms. The summed E-state index contributed by atoms with van der Waals surface area (Å²) in [5.41, 5.74) is 5.15. The van der Waals surface area contributed by atoms with Gasteiger partial charge in [-0.05, 0) is 36.2 Å². The molecule has 29 heavy (non-hydrogen) atoms. The molecule has 5 nitrogen and oxygen atoms in total. The summed E-state index contributed by atoms with van der Waals surface area (Å²) in [6.45, 7) is 3.69. The third-order valence-corrected chi connectivity index (χ3v) is 6.68. The average Bonchev–Trinajstić information content (AvgIpc) is 3.32. The summed E-state index contributed by atoms with van der Waals surface area (Å²) in [6, 6.07) is 16.2. The molecule has 0 saturated carbocycles. The maximum Gasteiger partial charge on any atom is 0.230 e. The highest BCUT2D eigenvalue weighted by Gasteiger charge is 2.18. The number of rotatable bonds is 6. The standard InChI is InChI=1S/C22H22N4OS2/c1-4-16-9-11-18(12-10-16)26(15(2)27)22-23-17(14-29-22)13-28-21-24-19-7-5-6-8-20(19)25(21)3/h5-12,14H,4,13H2,1-3H3. The molecule has 0 aliphatic heterocycles. The van der Waals surface area contributed by atoms with Gasteiger partial charge >= 0.3 is 0 Å². The topological polar surface area (TPSA) is 51.0 Å². The van der Waals surface area contributed by atoms with Crippen molar-refractivity contribution in [2.24, 2.45) is 7.05 Å². The highest BCUT2D eigenvalue weighted by molar-refractivity contribution is 7.98. The van der Waals surface area contributed by atoms with Gasteiger partial charge in [0, 0.05) is 25.1 Å². The van der Waals surface area contributed by atoms with Crippen LogP contribution in [0.15, 0.2) is 59.1 Å². The van der Waals surface area contributed by atoms with Gasteiger partial charge in [0.05, 0.1) is 22.4 Å². The monoisotopic (exact) mass is 422 g/mol. The van der Waals surface area contributed by atoms with Crippen molar-refractivity contribution >= 4 is 50.9 Å². The van der Waals surface area contributed by atoms with Crippen LogP contribution < -0.4 is 4.90 Å². The summed E-state index contributed by atoms with van der Waals surface area (Å²) < 4.78 is 2.10. The van der Waals surface area contributed by atoms with Crippen molar-refractivity contribution in [1.82, 2.24) is 14.5 Å². The first-order valence-electron chi connectivity index (χ1n) is 9.45. The number of amides is 1. The SMILES string of the molecule is CCc1ccc(N(C(C)=O)c2nc(CSc3nc4ccccc4n3C)cs2)cc1. The molecule has 0 fully saturated rings. The minimum absolute atomic E-state index is 0.0434. The number of imidazole rings is 1. The van der Waals surface area contributed by atoms with Gasteiger partial charge in [-0.3, -0.25) is 9.69 Å². The molecule has 7 heteroatoms. The van der Waals surface area contributed by atoms with Gasteiger partial charge in [-0.1, -0.05) is 43.0 Å². The van der Waals surface area contributed by atoms with Gasteiger partial charge < -0.3 is 4.57 Å². The lowest BCUT2D eigenvalue weighted by Crippen LogP contribution is -2.22. The lowest BCUT2D eigenvalue weighted by Gasteiger charge is -2.18. The van der Waals surface area contributed by atoms with Gasteiger partial charge in [0.15, 0.2) is 10.3 Å². The Morgan fingerprint density at radius 3 is 2.59 bits per heavy atom. The number of nitrogens with zero attached hydrogens (tertiary/aromatic N) is 4. The van der Waals surface area contributed by atoms with Gasteiger partial charge in [0.1, 0.15) is 0 Å². The molecule has 148 valence electrons. The molecule has 0 atom stereocenters. The summed E-state index contributed by atoms with van der Waals surface area (Å²) >= 11 is 3.14. The number of hydrogen-bond acceptors (Lipinski definition) is 5. The molecule has 4 rings (SSSR count). The smallest absolute Gasteiger partial charge is 0.230 e. The molecule has 0 unspecified atom stereocenters. The Balaban J connectivity index is 1.52. The number of carbonyl (C=O) groups is 1. The number of thiazole rings is 1. The normalized spacial score (nSPS) is 11.1. The van der Waals surface area contributed by atoms with Crippen molar-refractivity contribution in [3.05, 3.63) is 65.2 Å². The molecule has 0 radical (unpaired) electrons. The molecular formula is C22H22N4OS2. The van der Waals surface area contributed by atoms with Crippen LogP contribution in [0.2, 0.25) is 0 Å². The minimum Gasteiger partial charge on any atom is -0.322 e. The van der Waals surface area contributed by atoms with E-state index in [-0.39, 0.29) is 5.91 Å². The van der Waals surface area contributed by atoms with E-state index in [1.165, 1.54) is 16.9 Å². The van der Waals surface area contributed by atoms with E-state index in [4.69, 9.17) is 9.97 Å². The second-order valence-electron chi connectivity index (χ2n) is 6.73. The van der Waals surface area contributed by atoms with Crippen molar-refractivity contribution in [3.63, 3.8) is 0 Å². The Labute approximate surface area is 178 Å². The summed E-state index contributed by atoms with van der Waals surface area (Å²) in [6.07, 6.45) is 0.973. The number of aromatic nitrogens is 3. The van der Waals surface area contributed by atoms with Gasteiger partial charge in [-0.2, -0.15) is 0 Å². The van der Waals surface area contributed by atoms with E-state index in [1.54, 1.807) is 23.6 Å². The Morgan fingerprint density at radius 2 is 1.90 bits per heavy atom. The molecule has 4 aromatic rings. The molecule has 0 saturated heterocycles. The average molecular weight is 423 g/mol. The van der Waals surface area contributed by atoms with Gasteiger partial charge in [-0.15, -0.1) is 11.3 Å². The maximum atomic E-state index is 12.3. The van der Waals surface area contributed by atoms with E-state index in [0.717, 1.165) is 34.0 Å². The summed E-state index contributed by atoms with van der Waals surface area (Å²) in [7, 11) is 2.03. The number of carbonyl (C=O) groups excluding carboxylic acids is 1. The molecule has 2 aromatic heterocycles. The molecule has 0 spiro atoms. The lowest BCUT2D eigenvalue weighted by atomic mass is 10.1. The van der Waals surface area contributed by atoms with Crippen molar-refractivity contribution in [3.8, 4) is 0 Å². The quantitative estimate of drug-likeness (QED) is 0.381. The van der Waals surface area contributed by atoms with Crippen molar-refractivity contribution in [2.75, 3.05) is 4.90 Å². The van der Waals surface area contributed by atoms with Gasteiger partial charge in [0.25, 0.3) is 0 Å². The third-order valence-electron chi connectivity index (χ3n) is 4.74. The van der Waals surface area contributed by atoms with Gasteiger partial charge in [-0.25, -0.2) is 9.97 Å². The number of fused-ring (bicyclic) bond motifs is 1. The highest BCUT2D eigenvalue weighted by Crippen LogP contribution is 2.32. The Bertz CT molecular complexity index is 1150. The first-order chi connectivity index (χ1) is 14.1. The van der Waals surface area contributed by atoms with Crippen LogP contribution >= 0.6 is 23.1 Å². The number of anilines is 2. The number of para-hydroxylation sites is 2. The van der Waals surface area contributed by atoms with E-state index < -0.39 is 0 Å². The number of hydrogen-bond donors (Lipinski definition) is 0. The Kier molecular flexibility index (Phi) is 5.69. The summed E-state index contributed by atoms with van der Waals surface area (Å²) in [5.74, 6) is 0.659. The van der Waals surface area contributed by atoms with E-state index in [9.17, 15) is 4.79 Å². The van der Waals surface area contributed by atoms with Crippen LogP contribution in [-0.2, 0) is 24.0 Å². The predicted octanol–water partition coefficient (Wildman–Crippen LogP) is 5.57. The fourth-order valence-corrected chi connectivity index (χ4v) is 5.04. The maximum absolute atomic E-state index is 12.3. The molecular weight excluding hydrogens is 400 g/mol. The van der Waals surface area contributed by atoms with E-state index >= 15 is 0 Å². The highest BCUT2D eigenvalue weighted by atomic mass is 32.2. The lowest BCUT2D eigenvalue weighted by molar-refractivity contribution is -0.115. The predicted molar refractivity (Wildman–Crippen MR) is 121 cm³/mol. The van der Waals surface area contributed by atoms with Crippen LogP contribution in [0.4, 0.5) is 10.8 Å². The van der Waals surface area contributed by atoms with Crippen molar-refractivity contribution < 1.29 is 4.79 Å². The fraction of sp³-hybridized carbons (Fsp3) is 0.227. The number of aryl methyl sites for hydroxylation is 2. The first-order valence-corrected chi connectivity index (χ1v) is 11.3. The Morgan fingerprint density at radius 1 is 1.14 bits per heavy atom. The zero-order chi connectivity index (χ0) is 20.4. The van der Waals surface area contributed by atoms with Crippen LogP contribution in [0, 0.1) is 0 Å². The zero-order valence-electron chi connectivity index (χ0n) is 16.6. The van der Waals surface area contributed by atoms with Crippen molar-refractivity contribution in [2.45, 2.75) is 31.2 Å². The second kappa shape index (κ2) is 8.39. The van der Waals surface area contributed by atoms with Crippen LogP contribution in [0.5, 0.6) is 0 Å². The second-order valence-corrected chi connectivity index (χ2v) is 8.51. The van der Waals surface area contributed by atoms with Crippen LogP contribution in [0.3, 0.4) is 0 Å².